The van der Waals surface area contributed by atoms with Crippen LogP contribution in [0.1, 0.15) is 5.56 Å². The van der Waals surface area contributed by atoms with Gasteiger partial charge in [-0.2, -0.15) is 0 Å². The van der Waals surface area contributed by atoms with E-state index in [0.717, 1.165) is 10.5 Å². The van der Waals surface area contributed by atoms with Gasteiger partial charge in [-0.15, -0.1) is 11.8 Å². The van der Waals surface area contributed by atoms with Gasteiger partial charge < -0.3 is 19.8 Å². The SMILES string of the molecule is Nc1ccc(SCC2COC(Cn3ccnc3)(c3ccc(Cl)cc3Cl)O2)cc1Cl. The normalized spacial score (nSPS) is 21.6. The number of imidazole rings is 1. The van der Waals surface area contributed by atoms with E-state index in [9.17, 15) is 0 Å². The molecule has 1 fully saturated rings. The number of nitrogen functional groups attached to an aromatic ring is 1. The lowest BCUT2D eigenvalue weighted by atomic mass is 10.1. The molecule has 29 heavy (non-hydrogen) atoms. The highest BCUT2D eigenvalue weighted by molar-refractivity contribution is 7.99. The molecule has 0 aliphatic carbocycles. The zero-order chi connectivity index (χ0) is 20.4. The number of rotatable bonds is 6. The van der Waals surface area contributed by atoms with Gasteiger partial charge in [0.2, 0.25) is 5.79 Å². The highest BCUT2D eigenvalue weighted by atomic mass is 35.5. The molecule has 5 nitrogen and oxygen atoms in total. The second-order valence-electron chi connectivity index (χ2n) is 6.66. The fourth-order valence-corrected chi connectivity index (χ4v) is 4.87. The van der Waals surface area contributed by atoms with Gasteiger partial charge in [0.25, 0.3) is 0 Å². The smallest absolute Gasteiger partial charge is 0.215 e. The van der Waals surface area contributed by atoms with Crippen LogP contribution in [0.3, 0.4) is 0 Å². The number of halogens is 3. The minimum Gasteiger partial charge on any atom is -0.398 e. The van der Waals surface area contributed by atoms with Crippen molar-refractivity contribution < 1.29 is 9.47 Å². The van der Waals surface area contributed by atoms with Gasteiger partial charge in [-0.3, -0.25) is 0 Å². The predicted molar refractivity (Wildman–Crippen MR) is 118 cm³/mol. The first kappa shape index (κ1) is 20.8. The summed E-state index contributed by atoms with van der Waals surface area (Å²) in [5, 5.41) is 1.60. The van der Waals surface area contributed by atoms with E-state index in [1.54, 1.807) is 42.5 Å². The van der Waals surface area contributed by atoms with Crippen molar-refractivity contribution in [1.82, 2.24) is 9.55 Å². The number of anilines is 1. The fraction of sp³-hybridized carbons (Fsp3) is 0.250. The van der Waals surface area contributed by atoms with Gasteiger partial charge in [-0.1, -0.05) is 40.9 Å². The van der Waals surface area contributed by atoms with E-state index in [1.165, 1.54) is 0 Å². The lowest BCUT2D eigenvalue weighted by Crippen LogP contribution is -2.34. The molecule has 1 aromatic heterocycles. The summed E-state index contributed by atoms with van der Waals surface area (Å²) in [6, 6.07) is 10.9. The third-order valence-electron chi connectivity index (χ3n) is 4.56. The Morgan fingerprint density at radius 1 is 1.17 bits per heavy atom. The number of aromatic nitrogens is 2. The number of ether oxygens (including phenoxy) is 2. The summed E-state index contributed by atoms with van der Waals surface area (Å²) in [6.45, 7) is 0.854. The van der Waals surface area contributed by atoms with Crippen LogP contribution in [0.2, 0.25) is 15.1 Å². The lowest BCUT2D eigenvalue weighted by Gasteiger charge is -2.30. The standard InChI is InChI=1S/C20H18Cl3N3O2S/c21-13-1-3-16(17(22)7-13)20(11-26-6-5-25-12-26)27-9-14(28-20)10-29-15-2-4-19(24)18(23)8-15/h1-8,12,14H,9-11,24H2. The minimum atomic E-state index is -1.02. The molecule has 2 heterocycles. The molecule has 0 saturated carbocycles. The van der Waals surface area contributed by atoms with Crippen molar-refractivity contribution in [3.8, 4) is 0 Å². The topological polar surface area (TPSA) is 62.3 Å². The monoisotopic (exact) mass is 469 g/mol. The van der Waals surface area contributed by atoms with Crippen LogP contribution in [0.4, 0.5) is 5.69 Å². The molecule has 9 heteroatoms. The summed E-state index contributed by atoms with van der Waals surface area (Å²) >= 11 is 20.3. The van der Waals surface area contributed by atoms with Crippen molar-refractivity contribution >= 4 is 52.3 Å². The minimum absolute atomic E-state index is 0.133. The first-order chi connectivity index (χ1) is 13.9. The average Bonchev–Trinajstić information content (AvgIpc) is 3.33. The predicted octanol–water partition coefficient (Wildman–Crippen LogP) is 5.49. The van der Waals surface area contributed by atoms with Gasteiger partial charge in [0, 0.05) is 33.6 Å². The first-order valence-electron chi connectivity index (χ1n) is 8.86. The molecule has 2 aromatic carbocycles. The number of thioether (sulfide) groups is 1. The molecule has 1 aliphatic rings. The van der Waals surface area contributed by atoms with Crippen LogP contribution in [0.5, 0.6) is 0 Å². The molecule has 4 rings (SSSR count). The maximum absolute atomic E-state index is 6.49. The van der Waals surface area contributed by atoms with Gasteiger partial charge >= 0.3 is 0 Å². The Bertz CT molecular complexity index is 1000. The highest BCUT2D eigenvalue weighted by Crippen LogP contribution is 2.41. The summed E-state index contributed by atoms with van der Waals surface area (Å²) < 4.78 is 14.5. The van der Waals surface area contributed by atoms with Gasteiger partial charge in [-0.05, 0) is 30.3 Å². The van der Waals surface area contributed by atoms with Gasteiger partial charge in [0.15, 0.2) is 0 Å². The zero-order valence-corrected chi connectivity index (χ0v) is 18.3. The molecule has 2 atom stereocenters. The molecule has 0 spiro atoms. The number of benzene rings is 2. The van der Waals surface area contributed by atoms with E-state index >= 15 is 0 Å². The quantitative estimate of drug-likeness (QED) is 0.381. The van der Waals surface area contributed by atoms with E-state index in [0.29, 0.717) is 39.7 Å². The summed E-state index contributed by atoms with van der Waals surface area (Å²) in [6.07, 6.45) is 5.16. The Hall–Kier alpha value is -1.41. The van der Waals surface area contributed by atoms with Crippen LogP contribution in [0.15, 0.2) is 60.0 Å². The Morgan fingerprint density at radius 3 is 2.76 bits per heavy atom. The first-order valence-corrected chi connectivity index (χ1v) is 11.0. The van der Waals surface area contributed by atoms with Crippen LogP contribution in [0, 0.1) is 0 Å². The molecule has 0 bridgehead atoms. The molecular weight excluding hydrogens is 453 g/mol. The molecule has 3 aromatic rings. The van der Waals surface area contributed by atoms with Crippen LogP contribution >= 0.6 is 46.6 Å². The molecular formula is C20H18Cl3N3O2S. The number of nitrogens with two attached hydrogens (primary N) is 1. The third kappa shape index (κ3) is 4.68. The van der Waals surface area contributed by atoms with Crippen LogP contribution in [-0.4, -0.2) is 28.0 Å². The van der Waals surface area contributed by atoms with E-state index in [4.69, 9.17) is 50.0 Å². The maximum atomic E-state index is 6.49. The summed E-state index contributed by atoms with van der Waals surface area (Å²) in [5.74, 6) is -0.330. The van der Waals surface area contributed by atoms with E-state index in [2.05, 4.69) is 4.98 Å². The zero-order valence-electron chi connectivity index (χ0n) is 15.2. The van der Waals surface area contributed by atoms with Gasteiger partial charge in [0.1, 0.15) is 0 Å². The van der Waals surface area contributed by atoms with Gasteiger partial charge in [0.05, 0.1) is 41.3 Å². The Balaban J connectivity index is 1.54. The average molecular weight is 471 g/mol. The summed E-state index contributed by atoms with van der Waals surface area (Å²) in [5.41, 5.74) is 7.08. The second kappa shape index (κ2) is 8.76. The van der Waals surface area contributed by atoms with Crippen LogP contribution in [-0.2, 0) is 21.8 Å². The van der Waals surface area contributed by atoms with Crippen molar-refractivity contribution in [1.29, 1.82) is 0 Å². The van der Waals surface area contributed by atoms with Crippen LogP contribution < -0.4 is 5.73 Å². The molecule has 2 unspecified atom stereocenters. The van der Waals surface area contributed by atoms with Crippen LogP contribution in [0.25, 0.3) is 0 Å². The molecule has 2 N–H and O–H groups in total. The van der Waals surface area contributed by atoms with Crippen molar-refractivity contribution in [3.05, 3.63) is 75.8 Å². The largest absolute Gasteiger partial charge is 0.398 e. The molecule has 152 valence electrons. The fourth-order valence-electron chi connectivity index (χ4n) is 3.16. The van der Waals surface area contributed by atoms with Crippen molar-refractivity contribution in [3.63, 3.8) is 0 Å². The number of nitrogens with zero attached hydrogens (tertiary/aromatic N) is 2. The van der Waals surface area contributed by atoms with Crippen molar-refractivity contribution in [2.24, 2.45) is 0 Å². The number of hydrogen-bond donors (Lipinski definition) is 1. The molecule has 0 amide bonds. The second-order valence-corrected chi connectivity index (χ2v) is 9.00. The van der Waals surface area contributed by atoms with E-state index < -0.39 is 5.79 Å². The summed E-state index contributed by atoms with van der Waals surface area (Å²) in [7, 11) is 0. The Kier molecular flexibility index (Phi) is 6.30. The van der Waals surface area contributed by atoms with E-state index in [-0.39, 0.29) is 6.10 Å². The van der Waals surface area contributed by atoms with E-state index in [1.807, 2.05) is 29.0 Å². The van der Waals surface area contributed by atoms with Crippen molar-refractivity contribution in [2.75, 3.05) is 18.1 Å². The Morgan fingerprint density at radius 2 is 2.03 bits per heavy atom. The van der Waals surface area contributed by atoms with Gasteiger partial charge in [-0.25, -0.2) is 4.98 Å². The lowest BCUT2D eigenvalue weighted by molar-refractivity contribution is -0.184. The number of hydrogen-bond acceptors (Lipinski definition) is 5. The van der Waals surface area contributed by atoms with Crippen molar-refractivity contribution in [2.45, 2.75) is 23.3 Å². The third-order valence-corrected chi connectivity index (χ3v) is 6.56. The Labute approximate surface area is 188 Å². The molecule has 1 aliphatic heterocycles. The molecule has 1 saturated heterocycles. The highest BCUT2D eigenvalue weighted by Gasteiger charge is 2.45. The summed E-state index contributed by atoms with van der Waals surface area (Å²) in [4.78, 5) is 5.12. The maximum Gasteiger partial charge on any atom is 0.215 e. The molecule has 0 radical (unpaired) electrons.